The molecule has 0 aliphatic carbocycles. The lowest BCUT2D eigenvalue weighted by molar-refractivity contribution is 0.205. The van der Waals surface area contributed by atoms with Gasteiger partial charge in [-0.15, -0.1) is 17.8 Å². The fourth-order valence-electron chi connectivity index (χ4n) is 1.37. The van der Waals surface area contributed by atoms with E-state index < -0.39 is 6.10 Å². The Morgan fingerprint density at radius 1 is 1.69 bits per heavy atom. The van der Waals surface area contributed by atoms with E-state index in [0.29, 0.717) is 17.1 Å². The van der Waals surface area contributed by atoms with Gasteiger partial charge in [0, 0.05) is 7.05 Å². The van der Waals surface area contributed by atoms with Crippen molar-refractivity contribution in [2.75, 3.05) is 0 Å². The number of halogens is 1. The van der Waals surface area contributed by atoms with Crippen molar-refractivity contribution in [3.05, 3.63) is 32.4 Å². The SMILES string of the molecule is C#Cc1cc(C(O)c2ncsc2Br)n(C)n1. The third kappa shape index (κ3) is 1.89. The zero-order chi connectivity index (χ0) is 11.7. The Labute approximate surface area is 105 Å². The number of aromatic nitrogens is 3. The molecule has 0 fully saturated rings. The first-order valence-corrected chi connectivity index (χ1v) is 6.08. The van der Waals surface area contributed by atoms with E-state index in [0.717, 1.165) is 3.79 Å². The summed E-state index contributed by atoms with van der Waals surface area (Å²) >= 11 is 4.76. The molecule has 0 aliphatic rings. The van der Waals surface area contributed by atoms with Gasteiger partial charge in [-0.3, -0.25) is 4.68 Å². The van der Waals surface area contributed by atoms with Crippen LogP contribution in [0.1, 0.15) is 23.2 Å². The van der Waals surface area contributed by atoms with Crippen LogP contribution in [0.15, 0.2) is 15.4 Å². The van der Waals surface area contributed by atoms with E-state index in [-0.39, 0.29) is 0 Å². The van der Waals surface area contributed by atoms with Crippen molar-refractivity contribution in [3.63, 3.8) is 0 Å². The fraction of sp³-hybridized carbons (Fsp3) is 0.200. The van der Waals surface area contributed by atoms with Crippen LogP contribution in [0.3, 0.4) is 0 Å². The zero-order valence-electron chi connectivity index (χ0n) is 8.38. The molecule has 1 unspecified atom stereocenters. The van der Waals surface area contributed by atoms with Gasteiger partial charge in [0.15, 0.2) is 0 Å². The Balaban J connectivity index is 2.42. The third-order valence-electron chi connectivity index (χ3n) is 2.15. The smallest absolute Gasteiger partial charge is 0.139 e. The molecule has 2 heterocycles. The fourth-order valence-corrected chi connectivity index (χ4v) is 2.48. The highest BCUT2D eigenvalue weighted by Gasteiger charge is 2.20. The van der Waals surface area contributed by atoms with Gasteiger partial charge in [-0.2, -0.15) is 5.10 Å². The van der Waals surface area contributed by atoms with Crippen LogP contribution < -0.4 is 0 Å². The van der Waals surface area contributed by atoms with Crippen molar-refractivity contribution in [2.45, 2.75) is 6.10 Å². The predicted molar refractivity (Wildman–Crippen MR) is 65.0 cm³/mol. The van der Waals surface area contributed by atoms with Crippen molar-refractivity contribution in [3.8, 4) is 12.3 Å². The van der Waals surface area contributed by atoms with E-state index in [1.807, 2.05) is 0 Å². The third-order valence-corrected chi connectivity index (χ3v) is 3.75. The summed E-state index contributed by atoms with van der Waals surface area (Å²) in [5, 5.41) is 14.2. The molecule has 1 atom stereocenters. The number of thiazole rings is 1. The summed E-state index contributed by atoms with van der Waals surface area (Å²) in [5.74, 6) is 2.43. The number of hydrogen-bond donors (Lipinski definition) is 1. The van der Waals surface area contributed by atoms with Crippen molar-refractivity contribution < 1.29 is 5.11 Å². The van der Waals surface area contributed by atoms with E-state index in [1.165, 1.54) is 11.3 Å². The molecule has 2 aromatic rings. The van der Waals surface area contributed by atoms with E-state index in [4.69, 9.17) is 6.42 Å². The maximum absolute atomic E-state index is 10.1. The van der Waals surface area contributed by atoms with Crippen LogP contribution in [0.4, 0.5) is 0 Å². The Morgan fingerprint density at radius 3 is 2.94 bits per heavy atom. The average molecular weight is 298 g/mol. The molecule has 0 bridgehead atoms. The summed E-state index contributed by atoms with van der Waals surface area (Å²) in [5.41, 5.74) is 3.38. The minimum absolute atomic E-state index is 0.503. The Bertz CT molecular complexity index is 555. The second-order valence-electron chi connectivity index (χ2n) is 3.14. The lowest BCUT2D eigenvalue weighted by Crippen LogP contribution is -2.07. The number of aliphatic hydroxyl groups excluding tert-OH is 1. The number of aryl methyl sites for hydroxylation is 1. The number of nitrogens with zero attached hydrogens (tertiary/aromatic N) is 3. The van der Waals surface area contributed by atoms with Crippen LogP contribution in [0.5, 0.6) is 0 Å². The van der Waals surface area contributed by atoms with E-state index in [2.05, 4.69) is 31.9 Å². The molecule has 1 N–H and O–H groups in total. The first-order valence-electron chi connectivity index (χ1n) is 4.41. The molecule has 0 saturated heterocycles. The lowest BCUT2D eigenvalue weighted by Gasteiger charge is -2.08. The van der Waals surface area contributed by atoms with Crippen molar-refractivity contribution in [2.24, 2.45) is 7.05 Å². The summed E-state index contributed by atoms with van der Waals surface area (Å²) in [7, 11) is 1.74. The summed E-state index contributed by atoms with van der Waals surface area (Å²) in [6, 6.07) is 1.68. The minimum atomic E-state index is -0.819. The zero-order valence-corrected chi connectivity index (χ0v) is 10.8. The molecule has 2 rings (SSSR count). The van der Waals surface area contributed by atoms with Gasteiger partial charge in [0.1, 0.15) is 17.5 Å². The van der Waals surface area contributed by atoms with E-state index >= 15 is 0 Å². The van der Waals surface area contributed by atoms with Crippen LogP contribution in [0.25, 0.3) is 0 Å². The molecule has 6 heteroatoms. The molecule has 0 spiro atoms. The number of aliphatic hydroxyl groups is 1. The molecule has 16 heavy (non-hydrogen) atoms. The maximum Gasteiger partial charge on any atom is 0.139 e. The lowest BCUT2D eigenvalue weighted by atomic mass is 10.2. The Kier molecular flexibility index (Phi) is 3.10. The number of terminal acetylenes is 1. The van der Waals surface area contributed by atoms with Gasteiger partial charge >= 0.3 is 0 Å². The van der Waals surface area contributed by atoms with Crippen molar-refractivity contribution in [1.82, 2.24) is 14.8 Å². The molecular formula is C10H8BrN3OS. The Morgan fingerprint density at radius 2 is 2.44 bits per heavy atom. The largest absolute Gasteiger partial charge is 0.380 e. The monoisotopic (exact) mass is 297 g/mol. The van der Waals surface area contributed by atoms with Crippen LogP contribution in [0.2, 0.25) is 0 Å². The first kappa shape index (κ1) is 11.3. The van der Waals surface area contributed by atoms with Crippen LogP contribution >= 0.6 is 27.3 Å². The van der Waals surface area contributed by atoms with E-state index in [9.17, 15) is 5.11 Å². The molecule has 0 saturated carbocycles. The summed E-state index contributed by atoms with van der Waals surface area (Å²) in [6.07, 6.45) is 4.43. The highest BCUT2D eigenvalue weighted by molar-refractivity contribution is 9.11. The highest BCUT2D eigenvalue weighted by Crippen LogP contribution is 2.30. The summed E-state index contributed by atoms with van der Waals surface area (Å²) < 4.78 is 2.37. The van der Waals surface area contributed by atoms with Gasteiger partial charge in [-0.05, 0) is 27.9 Å². The summed E-state index contributed by atoms with van der Waals surface area (Å²) in [4.78, 5) is 4.10. The number of hydrogen-bond acceptors (Lipinski definition) is 4. The first-order chi connectivity index (χ1) is 7.63. The van der Waals surface area contributed by atoms with E-state index in [1.54, 1.807) is 23.3 Å². The second-order valence-corrected chi connectivity index (χ2v) is 5.31. The quantitative estimate of drug-likeness (QED) is 0.859. The van der Waals surface area contributed by atoms with Crippen molar-refractivity contribution >= 4 is 27.3 Å². The van der Waals surface area contributed by atoms with Gasteiger partial charge in [0.25, 0.3) is 0 Å². The van der Waals surface area contributed by atoms with Crippen LogP contribution in [-0.2, 0) is 7.05 Å². The van der Waals surface area contributed by atoms with Gasteiger partial charge < -0.3 is 5.11 Å². The molecular weight excluding hydrogens is 290 g/mol. The molecule has 82 valence electrons. The average Bonchev–Trinajstić information content (AvgIpc) is 2.83. The number of rotatable bonds is 2. The molecule has 2 aromatic heterocycles. The predicted octanol–water partition coefficient (Wildman–Crippen LogP) is 1.70. The molecule has 0 radical (unpaired) electrons. The Hall–Kier alpha value is -1.16. The van der Waals surface area contributed by atoms with Gasteiger partial charge in [-0.1, -0.05) is 0 Å². The van der Waals surface area contributed by atoms with Crippen LogP contribution in [0, 0.1) is 12.3 Å². The molecule has 0 amide bonds. The normalized spacial score (nSPS) is 12.4. The maximum atomic E-state index is 10.1. The second kappa shape index (κ2) is 4.37. The van der Waals surface area contributed by atoms with Gasteiger partial charge in [0.2, 0.25) is 0 Å². The minimum Gasteiger partial charge on any atom is -0.380 e. The highest BCUT2D eigenvalue weighted by atomic mass is 79.9. The topological polar surface area (TPSA) is 50.9 Å². The van der Waals surface area contributed by atoms with Crippen LogP contribution in [-0.4, -0.2) is 19.9 Å². The van der Waals surface area contributed by atoms with Gasteiger partial charge in [-0.25, -0.2) is 4.98 Å². The summed E-state index contributed by atoms with van der Waals surface area (Å²) in [6.45, 7) is 0. The molecule has 0 aliphatic heterocycles. The molecule has 0 aromatic carbocycles. The molecule has 4 nitrogen and oxygen atoms in total. The van der Waals surface area contributed by atoms with Crippen molar-refractivity contribution in [1.29, 1.82) is 0 Å². The van der Waals surface area contributed by atoms with Gasteiger partial charge in [0.05, 0.1) is 15.0 Å². The standard InChI is InChI=1S/C10H8BrN3OS/c1-3-6-4-7(14(2)13-6)9(15)8-10(11)16-5-12-8/h1,4-5,9,15H,2H3.